The summed E-state index contributed by atoms with van der Waals surface area (Å²) < 4.78 is 57.6. The highest BCUT2D eigenvalue weighted by Gasteiger charge is 2.37. The lowest BCUT2D eigenvalue weighted by Crippen LogP contribution is -2.30. The Hall–Kier alpha value is -0.850. The van der Waals surface area contributed by atoms with E-state index in [2.05, 4.69) is 0 Å². The summed E-state index contributed by atoms with van der Waals surface area (Å²) >= 11 is 0. The Labute approximate surface area is 120 Å². The second-order valence-electron chi connectivity index (χ2n) is 4.67. The Morgan fingerprint density at radius 1 is 1.20 bits per heavy atom. The van der Waals surface area contributed by atoms with E-state index in [4.69, 9.17) is 10.5 Å². The number of benzene rings is 1. The van der Waals surface area contributed by atoms with Crippen molar-refractivity contribution < 1.29 is 22.3 Å². The summed E-state index contributed by atoms with van der Waals surface area (Å²) in [5, 5.41) is 0. The molecule has 1 aliphatic heterocycles. The van der Waals surface area contributed by atoms with Crippen molar-refractivity contribution >= 4 is 12.4 Å². The van der Waals surface area contributed by atoms with E-state index in [0.717, 1.165) is 18.2 Å². The van der Waals surface area contributed by atoms with Gasteiger partial charge in [0, 0.05) is 24.8 Å². The summed E-state index contributed by atoms with van der Waals surface area (Å²) in [6.07, 6.45) is -3.50. The molecule has 2 rings (SSSR count). The molecule has 0 bridgehead atoms. The molecule has 0 saturated carbocycles. The van der Waals surface area contributed by atoms with Gasteiger partial charge in [0.15, 0.2) is 0 Å². The fourth-order valence-corrected chi connectivity index (χ4v) is 2.43. The van der Waals surface area contributed by atoms with E-state index < -0.39 is 29.2 Å². The fraction of sp³-hybridized carbons (Fsp3) is 0.538. The van der Waals surface area contributed by atoms with Gasteiger partial charge in [-0.15, -0.1) is 12.4 Å². The smallest absolute Gasteiger partial charge is 0.381 e. The molecule has 1 aromatic carbocycles. The number of halogens is 5. The van der Waals surface area contributed by atoms with E-state index in [-0.39, 0.29) is 18.3 Å². The molecule has 0 spiro atoms. The Morgan fingerprint density at radius 3 is 2.35 bits per heavy atom. The van der Waals surface area contributed by atoms with Gasteiger partial charge in [-0.1, -0.05) is 6.07 Å². The number of rotatable bonds is 2. The lowest BCUT2D eigenvalue weighted by Gasteiger charge is -2.29. The SMILES string of the molecule is Cl.N[C@@H](c1c(F)cccc1C(F)(F)F)C1CCOCC1. The zero-order valence-electron chi connectivity index (χ0n) is 10.6. The van der Waals surface area contributed by atoms with Crippen LogP contribution in [0, 0.1) is 11.7 Å². The monoisotopic (exact) mass is 313 g/mol. The van der Waals surface area contributed by atoms with Gasteiger partial charge in [-0.05, 0) is 30.9 Å². The van der Waals surface area contributed by atoms with Crippen LogP contribution < -0.4 is 5.73 Å². The molecule has 1 aromatic rings. The van der Waals surface area contributed by atoms with E-state index in [1.54, 1.807) is 0 Å². The van der Waals surface area contributed by atoms with Crippen molar-refractivity contribution in [3.63, 3.8) is 0 Å². The Bertz CT molecular complexity index is 446. The molecular weight excluding hydrogens is 298 g/mol. The van der Waals surface area contributed by atoms with Gasteiger partial charge in [-0.3, -0.25) is 0 Å². The molecule has 1 heterocycles. The van der Waals surface area contributed by atoms with Crippen molar-refractivity contribution in [1.82, 2.24) is 0 Å². The maximum atomic E-state index is 13.8. The summed E-state index contributed by atoms with van der Waals surface area (Å²) in [6.45, 7) is 0.905. The first-order chi connectivity index (χ1) is 8.91. The van der Waals surface area contributed by atoms with Crippen LogP contribution in [-0.4, -0.2) is 13.2 Å². The van der Waals surface area contributed by atoms with Crippen molar-refractivity contribution in [2.24, 2.45) is 11.7 Å². The highest BCUT2D eigenvalue weighted by atomic mass is 35.5. The lowest BCUT2D eigenvalue weighted by molar-refractivity contribution is -0.138. The summed E-state index contributed by atoms with van der Waals surface area (Å²) in [5.41, 5.74) is 4.46. The molecular formula is C13H16ClF4NO. The maximum Gasteiger partial charge on any atom is 0.416 e. The zero-order chi connectivity index (χ0) is 14.0. The number of alkyl halides is 3. The minimum atomic E-state index is -4.60. The third kappa shape index (κ3) is 3.62. The quantitative estimate of drug-likeness (QED) is 0.845. The molecule has 20 heavy (non-hydrogen) atoms. The molecule has 7 heteroatoms. The Kier molecular flexibility index (Phi) is 5.79. The van der Waals surface area contributed by atoms with E-state index in [0.29, 0.717) is 26.1 Å². The molecule has 0 unspecified atom stereocenters. The van der Waals surface area contributed by atoms with Gasteiger partial charge >= 0.3 is 6.18 Å². The first-order valence-electron chi connectivity index (χ1n) is 6.10. The van der Waals surface area contributed by atoms with E-state index in [1.165, 1.54) is 0 Å². The first-order valence-corrected chi connectivity index (χ1v) is 6.10. The van der Waals surface area contributed by atoms with Gasteiger partial charge in [0.25, 0.3) is 0 Å². The maximum absolute atomic E-state index is 13.8. The summed E-state index contributed by atoms with van der Waals surface area (Å²) in [6, 6.07) is 1.99. The fourth-order valence-electron chi connectivity index (χ4n) is 2.43. The summed E-state index contributed by atoms with van der Waals surface area (Å²) in [5.74, 6) is -1.08. The van der Waals surface area contributed by atoms with Gasteiger partial charge in [0.1, 0.15) is 5.82 Å². The van der Waals surface area contributed by atoms with Gasteiger partial charge in [-0.25, -0.2) is 4.39 Å². The molecule has 1 atom stereocenters. The van der Waals surface area contributed by atoms with Crippen LogP contribution in [0.25, 0.3) is 0 Å². The van der Waals surface area contributed by atoms with Crippen molar-refractivity contribution in [1.29, 1.82) is 0 Å². The molecule has 2 N–H and O–H groups in total. The van der Waals surface area contributed by atoms with Crippen LogP contribution in [0.1, 0.15) is 30.0 Å². The first kappa shape index (κ1) is 17.2. The van der Waals surface area contributed by atoms with E-state index >= 15 is 0 Å². The van der Waals surface area contributed by atoms with Crippen LogP contribution in [0.3, 0.4) is 0 Å². The van der Waals surface area contributed by atoms with Gasteiger partial charge in [-0.2, -0.15) is 13.2 Å². The highest BCUT2D eigenvalue weighted by Crippen LogP contribution is 2.39. The van der Waals surface area contributed by atoms with Gasteiger partial charge < -0.3 is 10.5 Å². The van der Waals surface area contributed by atoms with Crippen LogP contribution >= 0.6 is 12.4 Å². The molecule has 114 valence electrons. The Balaban J connectivity index is 0.00000200. The molecule has 0 aromatic heterocycles. The minimum absolute atomic E-state index is 0. The normalized spacial score (nSPS) is 18.4. The zero-order valence-corrected chi connectivity index (χ0v) is 11.4. The van der Waals surface area contributed by atoms with Gasteiger partial charge in [0.2, 0.25) is 0 Å². The minimum Gasteiger partial charge on any atom is -0.381 e. The molecule has 0 aliphatic carbocycles. The molecule has 0 amide bonds. The molecule has 1 fully saturated rings. The van der Waals surface area contributed by atoms with E-state index in [1.807, 2.05) is 0 Å². The number of nitrogens with two attached hydrogens (primary N) is 1. The summed E-state index contributed by atoms with van der Waals surface area (Å²) in [4.78, 5) is 0. The second-order valence-corrected chi connectivity index (χ2v) is 4.67. The van der Waals surface area contributed by atoms with Crippen LogP contribution in [0.5, 0.6) is 0 Å². The van der Waals surface area contributed by atoms with Crippen LogP contribution in [0.4, 0.5) is 17.6 Å². The summed E-state index contributed by atoms with van der Waals surface area (Å²) in [7, 11) is 0. The number of hydrogen-bond acceptors (Lipinski definition) is 2. The number of hydrogen-bond donors (Lipinski definition) is 1. The topological polar surface area (TPSA) is 35.2 Å². The third-order valence-electron chi connectivity index (χ3n) is 3.47. The predicted molar refractivity (Wildman–Crippen MR) is 69.1 cm³/mol. The van der Waals surface area contributed by atoms with E-state index in [9.17, 15) is 17.6 Å². The average Bonchev–Trinajstić information content (AvgIpc) is 2.37. The largest absolute Gasteiger partial charge is 0.416 e. The molecule has 1 saturated heterocycles. The van der Waals surface area contributed by atoms with Crippen LogP contribution in [0.15, 0.2) is 18.2 Å². The molecule has 0 radical (unpaired) electrons. The molecule has 2 nitrogen and oxygen atoms in total. The van der Waals surface area contributed by atoms with Crippen LogP contribution in [0.2, 0.25) is 0 Å². The van der Waals surface area contributed by atoms with Gasteiger partial charge in [0.05, 0.1) is 5.56 Å². The van der Waals surface area contributed by atoms with Crippen molar-refractivity contribution in [3.05, 3.63) is 35.1 Å². The standard InChI is InChI=1S/C13H15F4NO.ClH/c14-10-3-1-2-9(13(15,16)17)11(10)12(18)8-4-6-19-7-5-8;/h1-3,8,12H,4-7,18H2;1H/t12-;/m1./s1. The Morgan fingerprint density at radius 2 is 1.80 bits per heavy atom. The molecule has 1 aliphatic rings. The number of ether oxygens (including phenoxy) is 1. The average molecular weight is 314 g/mol. The van der Waals surface area contributed by atoms with Crippen molar-refractivity contribution in [2.75, 3.05) is 13.2 Å². The third-order valence-corrected chi connectivity index (χ3v) is 3.47. The van der Waals surface area contributed by atoms with Crippen LogP contribution in [-0.2, 0) is 10.9 Å². The predicted octanol–water partition coefficient (Wildman–Crippen LogP) is 3.69. The lowest BCUT2D eigenvalue weighted by atomic mass is 9.85. The second kappa shape index (κ2) is 6.74. The highest BCUT2D eigenvalue weighted by molar-refractivity contribution is 5.85. The van der Waals surface area contributed by atoms with Crippen molar-refractivity contribution in [2.45, 2.75) is 25.1 Å². The van der Waals surface area contributed by atoms with Crippen molar-refractivity contribution in [3.8, 4) is 0 Å².